The largest absolute Gasteiger partial charge is 0.298 e. The molecule has 0 N–H and O–H groups in total. The van der Waals surface area contributed by atoms with Crippen LogP contribution in [-0.4, -0.2) is 24.3 Å². The third kappa shape index (κ3) is 4.18. The lowest BCUT2D eigenvalue weighted by atomic mass is 9.86. The normalized spacial score (nSPS) is 17.3. The number of halogens is 1. The summed E-state index contributed by atoms with van der Waals surface area (Å²) >= 11 is 5.17. The maximum Gasteiger partial charge on any atom is 0.149 e. The van der Waals surface area contributed by atoms with E-state index in [1.54, 1.807) is 11.3 Å². The van der Waals surface area contributed by atoms with Crippen LogP contribution in [0.5, 0.6) is 0 Å². The molecule has 0 spiro atoms. The van der Waals surface area contributed by atoms with Crippen molar-refractivity contribution >= 4 is 33.0 Å². The van der Waals surface area contributed by atoms with Gasteiger partial charge in [0.25, 0.3) is 0 Å². The molecule has 0 amide bonds. The Morgan fingerprint density at radius 3 is 2.78 bits per heavy atom. The molecular formula is C14H20BrNOS. The summed E-state index contributed by atoms with van der Waals surface area (Å²) < 4.78 is 1.16. The first-order chi connectivity index (χ1) is 8.65. The van der Waals surface area contributed by atoms with Gasteiger partial charge in [0, 0.05) is 12.5 Å². The average Bonchev–Trinajstić information content (AvgIpc) is 2.75. The molecule has 0 aliphatic heterocycles. The second-order valence-corrected chi connectivity index (χ2v) is 7.52. The smallest absolute Gasteiger partial charge is 0.149 e. The summed E-state index contributed by atoms with van der Waals surface area (Å²) in [6.45, 7) is 1.46. The van der Waals surface area contributed by atoms with Crippen molar-refractivity contribution in [1.29, 1.82) is 0 Å². The fraction of sp³-hybridized carbons (Fsp3) is 0.643. The van der Waals surface area contributed by atoms with Crippen LogP contribution < -0.4 is 0 Å². The lowest BCUT2D eigenvalue weighted by Gasteiger charge is -2.23. The van der Waals surface area contributed by atoms with Gasteiger partial charge in [0.15, 0.2) is 0 Å². The maximum atomic E-state index is 12.2. The van der Waals surface area contributed by atoms with Crippen LogP contribution in [0.3, 0.4) is 0 Å². The zero-order valence-corrected chi connectivity index (χ0v) is 13.2. The molecule has 1 heterocycles. The Labute approximate surface area is 122 Å². The minimum Gasteiger partial charge on any atom is -0.298 e. The van der Waals surface area contributed by atoms with Crippen molar-refractivity contribution in [1.82, 2.24) is 4.90 Å². The summed E-state index contributed by atoms with van der Waals surface area (Å²) in [5.41, 5.74) is 1.28. The summed E-state index contributed by atoms with van der Waals surface area (Å²) in [7, 11) is 2.03. The average molecular weight is 330 g/mol. The van der Waals surface area contributed by atoms with Crippen molar-refractivity contribution in [3.05, 3.63) is 20.8 Å². The molecule has 0 aromatic carbocycles. The van der Waals surface area contributed by atoms with E-state index in [9.17, 15) is 4.79 Å². The monoisotopic (exact) mass is 329 g/mol. The van der Waals surface area contributed by atoms with Crippen LogP contribution in [0.2, 0.25) is 0 Å². The van der Waals surface area contributed by atoms with Crippen molar-refractivity contribution in [3.63, 3.8) is 0 Å². The van der Waals surface area contributed by atoms with Gasteiger partial charge >= 0.3 is 0 Å². The first-order valence-electron chi connectivity index (χ1n) is 6.59. The summed E-state index contributed by atoms with van der Waals surface area (Å²) in [6.07, 6.45) is 5.99. The van der Waals surface area contributed by atoms with Crippen LogP contribution in [0.4, 0.5) is 0 Å². The Hall–Kier alpha value is -0.190. The number of rotatable bonds is 5. The lowest BCUT2D eigenvalue weighted by Crippen LogP contribution is -2.30. The predicted molar refractivity (Wildman–Crippen MR) is 79.9 cm³/mol. The third-order valence-electron chi connectivity index (χ3n) is 3.56. The van der Waals surface area contributed by atoms with Gasteiger partial charge in [-0.2, -0.15) is 0 Å². The number of thiophene rings is 1. The highest BCUT2D eigenvalue weighted by molar-refractivity contribution is 9.11. The number of hydrogen-bond acceptors (Lipinski definition) is 3. The van der Waals surface area contributed by atoms with Gasteiger partial charge in [-0.1, -0.05) is 19.3 Å². The molecule has 100 valence electrons. The van der Waals surface area contributed by atoms with Crippen molar-refractivity contribution in [3.8, 4) is 0 Å². The molecule has 1 aromatic rings. The van der Waals surface area contributed by atoms with E-state index in [1.165, 1.54) is 24.8 Å². The van der Waals surface area contributed by atoms with Gasteiger partial charge in [-0.25, -0.2) is 0 Å². The van der Waals surface area contributed by atoms with Gasteiger partial charge in [-0.05, 0) is 52.8 Å². The van der Waals surface area contributed by atoms with E-state index in [0.29, 0.717) is 18.2 Å². The second kappa shape index (κ2) is 6.83. The van der Waals surface area contributed by atoms with Crippen LogP contribution in [0.25, 0.3) is 0 Å². The third-order valence-corrected chi connectivity index (χ3v) is 5.11. The van der Waals surface area contributed by atoms with E-state index in [0.717, 1.165) is 23.2 Å². The molecule has 0 atom stereocenters. The number of carbonyl (C=O) groups is 1. The number of carbonyl (C=O) groups excluding carboxylic acids is 1. The molecule has 1 aromatic heterocycles. The zero-order valence-electron chi connectivity index (χ0n) is 10.8. The van der Waals surface area contributed by atoms with Crippen LogP contribution in [0.1, 0.15) is 37.7 Å². The molecule has 1 aliphatic rings. The maximum absolute atomic E-state index is 12.2. The first-order valence-corrected chi connectivity index (χ1v) is 8.26. The summed E-state index contributed by atoms with van der Waals surface area (Å²) in [4.78, 5) is 14.3. The van der Waals surface area contributed by atoms with Crippen molar-refractivity contribution in [2.75, 3.05) is 13.6 Å². The van der Waals surface area contributed by atoms with E-state index >= 15 is 0 Å². The Morgan fingerprint density at radius 2 is 2.17 bits per heavy atom. The van der Waals surface area contributed by atoms with Crippen LogP contribution >= 0.6 is 27.3 Å². The van der Waals surface area contributed by atoms with Crippen molar-refractivity contribution in [2.45, 2.75) is 38.6 Å². The molecule has 1 fully saturated rings. The van der Waals surface area contributed by atoms with Gasteiger partial charge in [0.1, 0.15) is 5.78 Å². The number of nitrogens with zero attached hydrogens (tertiary/aromatic N) is 1. The Balaban J connectivity index is 1.79. The van der Waals surface area contributed by atoms with Gasteiger partial charge in [-0.15, -0.1) is 11.3 Å². The minimum atomic E-state index is 0.329. The van der Waals surface area contributed by atoms with Gasteiger partial charge in [0.2, 0.25) is 0 Å². The number of ketones is 1. The predicted octanol–water partition coefficient (Wildman–Crippen LogP) is 4.09. The SMILES string of the molecule is CN(CC(=O)C1CCCCC1)Cc1csc(Br)c1. The summed E-state index contributed by atoms with van der Waals surface area (Å²) in [5, 5.41) is 2.14. The Kier molecular flexibility index (Phi) is 5.39. The lowest BCUT2D eigenvalue weighted by molar-refractivity contribution is -0.124. The second-order valence-electron chi connectivity index (χ2n) is 5.23. The molecule has 0 radical (unpaired) electrons. The summed E-state index contributed by atoms with van der Waals surface area (Å²) in [6, 6.07) is 2.13. The highest BCUT2D eigenvalue weighted by Crippen LogP contribution is 2.25. The van der Waals surface area contributed by atoms with Gasteiger partial charge in [0.05, 0.1) is 10.3 Å². The first kappa shape index (κ1) is 14.2. The molecule has 0 unspecified atom stereocenters. The summed E-state index contributed by atoms with van der Waals surface area (Å²) in [5.74, 6) is 0.766. The minimum absolute atomic E-state index is 0.329. The van der Waals surface area contributed by atoms with Gasteiger partial charge in [-0.3, -0.25) is 9.69 Å². The van der Waals surface area contributed by atoms with Crippen molar-refractivity contribution < 1.29 is 4.79 Å². The highest BCUT2D eigenvalue weighted by Gasteiger charge is 2.21. The van der Waals surface area contributed by atoms with Crippen LogP contribution in [-0.2, 0) is 11.3 Å². The fourth-order valence-electron chi connectivity index (χ4n) is 2.62. The molecule has 1 saturated carbocycles. The number of hydrogen-bond donors (Lipinski definition) is 0. The zero-order chi connectivity index (χ0) is 13.0. The standard InChI is InChI=1S/C14H20BrNOS/c1-16(8-11-7-14(15)18-10-11)9-13(17)12-5-3-2-4-6-12/h7,10,12H,2-6,8-9H2,1H3. The van der Waals surface area contributed by atoms with E-state index in [-0.39, 0.29) is 0 Å². The topological polar surface area (TPSA) is 20.3 Å². The number of likely N-dealkylation sites (N-methyl/N-ethyl adjacent to an activating group) is 1. The van der Waals surface area contributed by atoms with Crippen LogP contribution in [0, 0.1) is 5.92 Å². The number of Topliss-reactive ketones (excluding diaryl/α,β-unsaturated/α-hetero) is 1. The Bertz CT molecular complexity index is 398. The fourth-order valence-corrected chi connectivity index (χ4v) is 3.82. The van der Waals surface area contributed by atoms with E-state index in [1.807, 2.05) is 7.05 Å². The van der Waals surface area contributed by atoms with Crippen molar-refractivity contribution in [2.24, 2.45) is 5.92 Å². The van der Waals surface area contributed by atoms with Crippen LogP contribution in [0.15, 0.2) is 15.2 Å². The molecule has 0 bridgehead atoms. The van der Waals surface area contributed by atoms with E-state index in [4.69, 9.17) is 0 Å². The van der Waals surface area contributed by atoms with E-state index in [2.05, 4.69) is 32.3 Å². The molecule has 2 nitrogen and oxygen atoms in total. The van der Waals surface area contributed by atoms with E-state index < -0.39 is 0 Å². The molecule has 18 heavy (non-hydrogen) atoms. The Morgan fingerprint density at radius 1 is 1.44 bits per heavy atom. The quantitative estimate of drug-likeness (QED) is 0.810. The van der Waals surface area contributed by atoms with Gasteiger partial charge < -0.3 is 0 Å². The molecular weight excluding hydrogens is 310 g/mol. The molecule has 1 aliphatic carbocycles. The molecule has 0 saturated heterocycles. The molecule has 4 heteroatoms. The molecule has 2 rings (SSSR count). The highest BCUT2D eigenvalue weighted by atomic mass is 79.9.